The van der Waals surface area contributed by atoms with Gasteiger partial charge in [-0.1, -0.05) is 42.5 Å². The number of pyridine rings is 3. The summed E-state index contributed by atoms with van der Waals surface area (Å²) in [6.45, 7) is 0. The van der Waals surface area contributed by atoms with Gasteiger partial charge in [-0.05, 0) is 90.0 Å². The SMILES string of the molecule is N#Cc1ccc2c(c1)c1cc(C#N)ccc1n2-c1ccc2c(c1)Oc1cccc(-n3c4ccccc4c4ccncc43)c1C21c2cccnc2-c2ncccc21. The average Bonchev–Trinajstić information content (AvgIpc) is 3.87. The molecule has 12 rings (SSSR count). The van der Waals surface area contributed by atoms with Crippen LogP contribution in [0.15, 0.2) is 152 Å². The number of hydrogen-bond donors (Lipinski definition) is 0. The van der Waals surface area contributed by atoms with E-state index in [0.29, 0.717) is 16.9 Å². The van der Waals surface area contributed by atoms with E-state index in [1.807, 2.05) is 73.3 Å². The van der Waals surface area contributed by atoms with Gasteiger partial charge >= 0.3 is 0 Å². The predicted molar refractivity (Wildman–Crippen MR) is 215 cm³/mol. The third-order valence-electron chi connectivity index (χ3n) is 11.6. The Hall–Kier alpha value is -8.07. The van der Waals surface area contributed by atoms with Crippen LogP contribution in [0.5, 0.6) is 11.5 Å². The Morgan fingerprint density at radius 1 is 0.518 bits per heavy atom. The first kappa shape index (κ1) is 30.4. The largest absolute Gasteiger partial charge is 0.457 e. The molecule has 0 atom stereocenters. The van der Waals surface area contributed by atoms with Gasteiger partial charge in [0.1, 0.15) is 11.5 Å². The Morgan fingerprint density at radius 2 is 1.20 bits per heavy atom. The van der Waals surface area contributed by atoms with Crippen LogP contribution in [0.3, 0.4) is 0 Å². The van der Waals surface area contributed by atoms with Crippen molar-refractivity contribution in [2.45, 2.75) is 5.41 Å². The minimum absolute atomic E-state index is 0.557. The van der Waals surface area contributed by atoms with Gasteiger partial charge < -0.3 is 13.9 Å². The maximum absolute atomic E-state index is 9.79. The summed E-state index contributed by atoms with van der Waals surface area (Å²) in [4.78, 5) is 14.5. The van der Waals surface area contributed by atoms with Crippen molar-refractivity contribution in [2.24, 2.45) is 0 Å². The highest BCUT2D eigenvalue weighted by atomic mass is 16.5. The van der Waals surface area contributed by atoms with E-state index in [1.54, 1.807) is 0 Å². The molecule has 8 heteroatoms. The van der Waals surface area contributed by atoms with Gasteiger partial charge in [-0.15, -0.1) is 0 Å². The van der Waals surface area contributed by atoms with Crippen molar-refractivity contribution < 1.29 is 4.74 Å². The van der Waals surface area contributed by atoms with Crippen LogP contribution in [-0.4, -0.2) is 24.1 Å². The molecule has 0 saturated heterocycles. The van der Waals surface area contributed by atoms with Gasteiger partial charge in [-0.2, -0.15) is 10.5 Å². The van der Waals surface area contributed by atoms with Crippen LogP contribution in [0.2, 0.25) is 0 Å². The Morgan fingerprint density at radius 3 is 1.91 bits per heavy atom. The number of fused-ring (bicyclic) bond motifs is 15. The zero-order valence-corrected chi connectivity index (χ0v) is 29.5. The van der Waals surface area contributed by atoms with E-state index in [4.69, 9.17) is 14.7 Å². The normalized spacial score (nSPS) is 13.2. The lowest BCUT2D eigenvalue weighted by Gasteiger charge is -2.40. The Labute approximate surface area is 319 Å². The topological polar surface area (TPSA) is 105 Å². The highest BCUT2D eigenvalue weighted by Gasteiger charge is 2.54. The number of hydrogen-bond acceptors (Lipinski definition) is 6. The number of ether oxygens (including phenoxy) is 1. The molecule has 0 bridgehead atoms. The van der Waals surface area contributed by atoms with Crippen molar-refractivity contribution in [1.82, 2.24) is 24.1 Å². The molecule has 0 N–H and O–H groups in total. The fraction of sp³-hybridized carbons (Fsp3) is 0.0208. The van der Waals surface area contributed by atoms with Crippen LogP contribution in [0, 0.1) is 22.7 Å². The molecule has 258 valence electrons. The van der Waals surface area contributed by atoms with E-state index < -0.39 is 5.41 Å². The molecule has 10 aromatic rings. The quantitative estimate of drug-likeness (QED) is 0.176. The van der Waals surface area contributed by atoms with Crippen LogP contribution in [0.25, 0.3) is 66.4 Å². The molecule has 0 saturated carbocycles. The maximum atomic E-state index is 9.79. The zero-order valence-electron chi connectivity index (χ0n) is 29.5. The van der Waals surface area contributed by atoms with Crippen molar-refractivity contribution in [3.05, 3.63) is 186 Å². The summed E-state index contributed by atoms with van der Waals surface area (Å²) in [6, 6.07) is 47.6. The second-order valence-electron chi connectivity index (χ2n) is 14.3. The average molecular weight is 716 g/mol. The fourth-order valence-corrected chi connectivity index (χ4v) is 9.48. The van der Waals surface area contributed by atoms with Crippen LogP contribution in [0.4, 0.5) is 0 Å². The lowest BCUT2D eigenvalue weighted by molar-refractivity contribution is 0.435. The maximum Gasteiger partial charge on any atom is 0.134 e. The van der Waals surface area contributed by atoms with Crippen LogP contribution < -0.4 is 4.74 Å². The fourth-order valence-electron chi connectivity index (χ4n) is 9.48. The predicted octanol–water partition coefficient (Wildman–Crippen LogP) is 10.3. The van der Waals surface area contributed by atoms with E-state index in [1.165, 1.54) is 0 Å². The number of para-hydroxylation sites is 1. The Kier molecular flexibility index (Phi) is 5.96. The van der Waals surface area contributed by atoms with E-state index in [2.05, 4.69) is 105 Å². The molecule has 5 aromatic carbocycles. The molecule has 2 aliphatic rings. The van der Waals surface area contributed by atoms with Crippen molar-refractivity contribution >= 4 is 43.6 Å². The number of rotatable bonds is 2. The Balaban J connectivity index is 1.19. The summed E-state index contributed by atoms with van der Waals surface area (Å²) >= 11 is 0. The highest BCUT2D eigenvalue weighted by molar-refractivity contribution is 6.11. The van der Waals surface area contributed by atoms with Gasteiger partial charge in [-0.3, -0.25) is 15.0 Å². The molecule has 6 heterocycles. The molecular weight excluding hydrogens is 691 g/mol. The summed E-state index contributed by atoms with van der Waals surface area (Å²) in [5, 5.41) is 23.6. The lowest BCUT2D eigenvalue weighted by Crippen LogP contribution is -2.33. The summed E-state index contributed by atoms with van der Waals surface area (Å²) in [5.41, 5.74) is 11.8. The summed E-state index contributed by atoms with van der Waals surface area (Å²) in [6.07, 6.45) is 7.46. The molecule has 1 aliphatic carbocycles. The van der Waals surface area contributed by atoms with Crippen molar-refractivity contribution in [3.8, 4) is 46.4 Å². The van der Waals surface area contributed by atoms with Gasteiger partial charge in [0.25, 0.3) is 0 Å². The second kappa shape index (κ2) is 11.0. The van der Waals surface area contributed by atoms with E-state index >= 15 is 0 Å². The van der Waals surface area contributed by atoms with E-state index in [0.717, 1.165) is 94.4 Å². The molecule has 1 aliphatic heterocycles. The highest BCUT2D eigenvalue weighted by Crippen LogP contribution is 2.63. The van der Waals surface area contributed by atoms with E-state index in [9.17, 15) is 10.5 Å². The zero-order chi connectivity index (χ0) is 37.1. The monoisotopic (exact) mass is 715 g/mol. The second-order valence-corrected chi connectivity index (χ2v) is 14.3. The van der Waals surface area contributed by atoms with Crippen LogP contribution in [0.1, 0.15) is 33.4 Å². The van der Waals surface area contributed by atoms with Gasteiger partial charge in [0.2, 0.25) is 0 Å². The van der Waals surface area contributed by atoms with Crippen molar-refractivity contribution in [2.75, 3.05) is 0 Å². The van der Waals surface area contributed by atoms with Gasteiger partial charge in [0, 0.05) is 63.0 Å². The smallest absolute Gasteiger partial charge is 0.134 e. The molecule has 0 radical (unpaired) electrons. The van der Waals surface area contributed by atoms with E-state index in [-0.39, 0.29) is 0 Å². The first-order valence-corrected chi connectivity index (χ1v) is 18.3. The third-order valence-corrected chi connectivity index (χ3v) is 11.6. The Bertz CT molecular complexity index is 3280. The van der Waals surface area contributed by atoms with Crippen molar-refractivity contribution in [3.63, 3.8) is 0 Å². The number of aromatic nitrogens is 5. The lowest BCUT2D eigenvalue weighted by atomic mass is 9.65. The van der Waals surface area contributed by atoms with Gasteiger partial charge in [-0.25, -0.2) is 0 Å². The molecule has 56 heavy (non-hydrogen) atoms. The first-order valence-electron chi connectivity index (χ1n) is 18.3. The number of nitrogens with zero attached hydrogens (tertiary/aromatic N) is 7. The molecular formula is C48H25N7O. The number of benzene rings is 5. The summed E-state index contributed by atoms with van der Waals surface area (Å²) < 4.78 is 11.6. The molecule has 8 nitrogen and oxygen atoms in total. The minimum Gasteiger partial charge on any atom is -0.457 e. The molecule has 0 unspecified atom stereocenters. The standard InChI is InChI=1S/C48H25N7O/c49-25-28-12-16-39-33(22-28)34-23-29(26-50)13-17-40(34)54(39)30-14-15-35-44(24-30)56-43-11-3-10-41(55-38-9-2-1-6-31(38)32-18-21-51-27-42(32)55)45(43)48(35)36-7-4-19-52-46(36)47-37(48)8-5-20-53-47/h1-24,27H. The molecule has 1 spiro atoms. The molecule has 5 aromatic heterocycles. The third kappa shape index (κ3) is 3.76. The van der Waals surface area contributed by atoms with Crippen LogP contribution in [-0.2, 0) is 5.41 Å². The van der Waals surface area contributed by atoms with Gasteiger partial charge in [0.05, 0.1) is 74.0 Å². The van der Waals surface area contributed by atoms with Crippen molar-refractivity contribution in [1.29, 1.82) is 10.5 Å². The summed E-state index contributed by atoms with van der Waals surface area (Å²) in [5.74, 6) is 1.44. The molecule has 0 fully saturated rings. The minimum atomic E-state index is -0.852. The first-order chi connectivity index (χ1) is 27.7. The van der Waals surface area contributed by atoms with Gasteiger partial charge in [0.15, 0.2) is 0 Å². The summed E-state index contributed by atoms with van der Waals surface area (Å²) in [7, 11) is 0. The van der Waals surface area contributed by atoms with Crippen LogP contribution >= 0.6 is 0 Å². The molecule has 0 amide bonds. The number of nitriles is 2.